The van der Waals surface area contributed by atoms with Crippen molar-refractivity contribution in [3.8, 4) is 0 Å². The van der Waals surface area contributed by atoms with Crippen LogP contribution in [-0.2, 0) is 4.79 Å². The van der Waals surface area contributed by atoms with Gasteiger partial charge in [0.1, 0.15) is 0 Å². The molecule has 13 heavy (non-hydrogen) atoms. The van der Waals surface area contributed by atoms with Crippen LogP contribution in [0.15, 0.2) is 12.3 Å². The van der Waals surface area contributed by atoms with Crippen molar-refractivity contribution in [2.24, 2.45) is 0 Å². The molecule has 0 N–H and O–H groups in total. The molecule has 0 rings (SSSR count). The van der Waals surface area contributed by atoms with Crippen LogP contribution >= 0.6 is 0 Å². The monoisotopic (exact) mass is 285 g/mol. The molecule has 0 saturated carbocycles. The number of carbonyl (C=O) groups excluding carboxylic acids is 1. The SMILES string of the molecule is CC[CH2][In]([CH2]CC)[N](C)/C=C\C=O. The van der Waals surface area contributed by atoms with Gasteiger partial charge in [-0.3, -0.25) is 0 Å². The third-order valence-electron chi connectivity index (χ3n) is 2.22. The summed E-state index contributed by atoms with van der Waals surface area (Å²) in [7, 11) is 2.13. The maximum atomic E-state index is 10.2. The van der Waals surface area contributed by atoms with E-state index in [0.717, 1.165) is 6.29 Å². The van der Waals surface area contributed by atoms with E-state index in [2.05, 4.69) is 23.8 Å². The summed E-state index contributed by atoms with van der Waals surface area (Å²) < 4.78 is 5.17. The summed E-state index contributed by atoms with van der Waals surface area (Å²) in [5.41, 5.74) is 0. The zero-order valence-corrected chi connectivity index (χ0v) is 12.3. The van der Waals surface area contributed by atoms with Crippen LogP contribution in [0, 0.1) is 0 Å². The van der Waals surface area contributed by atoms with Gasteiger partial charge in [-0.1, -0.05) is 0 Å². The Morgan fingerprint density at radius 1 is 1.23 bits per heavy atom. The van der Waals surface area contributed by atoms with E-state index in [0.29, 0.717) is 0 Å². The molecule has 0 aliphatic rings. The molecule has 0 aromatic rings. The zero-order valence-electron chi connectivity index (χ0n) is 8.99. The van der Waals surface area contributed by atoms with Crippen molar-refractivity contribution in [3.63, 3.8) is 0 Å². The fourth-order valence-electron chi connectivity index (χ4n) is 1.51. The molecule has 74 valence electrons. The molecule has 0 aliphatic carbocycles. The Kier molecular flexibility index (Phi) is 8.72. The van der Waals surface area contributed by atoms with Crippen LogP contribution in [0.1, 0.15) is 26.7 Å². The first-order valence-electron chi connectivity index (χ1n) is 5.10. The van der Waals surface area contributed by atoms with Crippen molar-refractivity contribution in [2.45, 2.75) is 35.0 Å². The van der Waals surface area contributed by atoms with Crippen molar-refractivity contribution >= 4 is 28.0 Å². The van der Waals surface area contributed by atoms with Gasteiger partial charge in [-0.15, -0.1) is 0 Å². The van der Waals surface area contributed by atoms with Crippen LogP contribution in [-0.4, -0.2) is 37.9 Å². The molecule has 0 spiro atoms. The molecular formula is C10H20InNO. The normalized spacial score (nSPS) is 10.4. The van der Waals surface area contributed by atoms with Gasteiger partial charge >= 0.3 is 90.1 Å². The fourth-order valence-corrected chi connectivity index (χ4v) is 9.44. The zero-order chi connectivity index (χ0) is 10.1. The molecule has 0 radical (unpaired) electrons. The van der Waals surface area contributed by atoms with Gasteiger partial charge in [0.05, 0.1) is 0 Å². The summed E-state index contributed by atoms with van der Waals surface area (Å²) in [6.45, 7) is 4.49. The Morgan fingerprint density at radius 2 is 1.77 bits per heavy atom. The second kappa shape index (κ2) is 8.67. The van der Waals surface area contributed by atoms with Gasteiger partial charge in [-0.25, -0.2) is 0 Å². The molecule has 0 atom stereocenters. The quantitative estimate of drug-likeness (QED) is 0.529. The Morgan fingerprint density at radius 3 is 2.15 bits per heavy atom. The van der Waals surface area contributed by atoms with Crippen LogP contribution < -0.4 is 0 Å². The van der Waals surface area contributed by atoms with Gasteiger partial charge in [0.2, 0.25) is 0 Å². The summed E-state index contributed by atoms with van der Waals surface area (Å²) in [5.74, 6) is 0. The van der Waals surface area contributed by atoms with E-state index < -0.39 is 21.7 Å². The molecule has 0 aromatic carbocycles. The number of carbonyl (C=O) groups is 1. The number of aldehydes is 1. The van der Waals surface area contributed by atoms with Gasteiger partial charge in [-0.2, -0.15) is 0 Å². The summed E-state index contributed by atoms with van der Waals surface area (Å²) in [5, 5.41) is 0. The first kappa shape index (κ1) is 13.1. The van der Waals surface area contributed by atoms with Crippen LogP contribution in [0.25, 0.3) is 0 Å². The van der Waals surface area contributed by atoms with Crippen molar-refractivity contribution in [1.82, 2.24) is 2.89 Å². The van der Waals surface area contributed by atoms with E-state index in [1.54, 1.807) is 6.08 Å². The third-order valence-corrected chi connectivity index (χ3v) is 13.1. The second-order valence-electron chi connectivity index (χ2n) is 3.37. The Labute approximate surface area is 89.9 Å². The summed E-state index contributed by atoms with van der Waals surface area (Å²) >= 11 is -1.47. The van der Waals surface area contributed by atoms with Gasteiger partial charge in [-0.05, 0) is 0 Å². The number of nitrogens with zero attached hydrogens (tertiary/aromatic N) is 1. The predicted octanol–water partition coefficient (Wildman–Crippen LogP) is 2.44. The van der Waals surface area contributed by atoms with Crippen LogP contribution in [0.4, 0.5) is 0 Å². The van der Waals surface area contributed by atoms with Crippen LogP contribution in [0.5, 0.6) is 0 Å². The third kappa shape index (κ3) is 6.19. The van der Waals surface area contributed by atoms with Gasteiger partial charge in [0.25, 0.3) is 0 Å². The summed E-state index contributed by atoms with van der Waals surface area (Å²) in [4.78, 5) is 10.2. The number of hydrogen-bond acceptors (Lipinski definition) is 2. The van der Waals surface area contributed by atoms with Crippen LogP contribution in [0.3, 0.4) is 0 Å². The number of rotatable bonds is 7. The summed E-state index contributed by atoms with van der Waals surface area (Å²) in [6.07, 6.45) is 7.01. The van der Waals surface area contributed by atoms with E-state index in [-0.39, 0.29) is 0 Å². The fraction of sp³-hybridized carbons (Fsp3) is 0.700. The Bertz CT molecular complexity index is 153. The molecule has 0 saturated heterocycles. The number of hydrogen-bond donors (Lipinski definition) is 0. The minimum atomic E-state index is -1.47. The molecule has 0 fully saturated rings. The Balaban J connectivity index is 4.00. The van der Waals surface area contributed by atoms with Crippen molar-refractivity contribution in [2.75, 3.05) is 7.05 Å². The summed E-state index contributed by atoms with van der Waals surface area (Å²) in [6, 6.07) is 0. The number of allylic oxidation sites excluding steroid dienone is 1. The van der Waals surface area contributed by atoms with Crippen molar-refractivity contribution in [1.29, 1.82) is 0 Å². The maximum absolute atomic E-state index is 10.2. The first-order chi connectivity index (χ1) is 6.26. The van der Waals surface area contributed by atoms with E-state index >= 15 is 0 Å². The second-order valence-corrected chi connectivity index (χ2v) is 12.7. The molecule has 0 aromatic heterocycles. The van der Waals surface area contributed by atoms with Gasteiger partial charge in [0.15, 0.2) is 0 Å². The average molecular weight is 285 g/mol. The van der Waals surface area contributed by atoms with Gasteiger partial charge in [0, 0.05) is 0 Å². The van der Waals surface area contributed by atoms with Crippen LogP contribution in [0.2, 0.25) is 8.35 Å². The molecule has 0 bridgehead atoms. The average Bonchev–Trinajstić information content (AvgIpc) is 2.14. The predicted molar refractivity (Wildman–Crippen MR) is 58.9 cm³/mol. The van der Waals surface area contributed by atoms with Crippen molar-refractivity contribution in [3.05, 3.63) is 12.3 Å². The van der Waals surface area contributed by atoms with Crippen molar-refractivity contribution < 1.29 is 4.79 Å². The molecule has 0 aliphatic heterocycles. The molecular weight excluding hydrogens is 265 g/mol. The van der Waals surface area contributed by atoms with E-state index in [1.165, 1.54) is 21.2 Å². The Hall–Kier alpha value is 0.0801. The molecule has 2 nitrogen and oxygen atoms in total. The van der Waals surface area contributed by atoms with E-state index in [4.69, 9.17) is 0 Å². The van der Waals surface area contributed by atoms with E-state index in [1.807, 2.05) is 6.20 Å². The topological polar surface area (TPSA) is 20.3 Å². The molecule has 0 unspecified atom stereocenters. The molecule has 0 heterocycles. The minimum absolute atomic E-state index is 0.858. The molecule has 0 amide bonds. The standard InChI is InChI=1S/C4H7NO.2C3H7.In/c1-5-3-2-4-6;2*1-3-2;/h2-4H,1H3,(H,5,6);2*1,3H2,2H3;/q;;;+1/p-1. The first-order valence-corrected chi connectivity index (χ1v) is 11.2. The molecule has 3 heteroatoms. The van der Waals surface area contributed by atoms with E-state index in [9.17, 15) is 4.79 Å². The van der Waals surface area contributed by atoms with Gasteiger partial charge < -0.3 is 0 Å².